The molecular weight excluding hydrogens is 539 g/mol. The molecule has 5 heteroatoms. The van der Waals surface area contributed by atoms with Gasteiger partial charge in [-0.3, -0.25) is 0 Å². The zero-order valence-corrected chi connectivity index (χ0v) is 19.3. The third-order valence-corrected chi connectivity index (χ3v) is 6.44. The fourth-order valence-electron chi connectivity index (χ4n) is 3.66. The molecule has 0 radical (unpaired) electrons. The quantitative estimate of drug-likeness (QED) is 0.220. The average molecular weight is 555 g/mol. The molecule has 0 aliphatic rings. The van der Waals surface area contributed by atoms with Gasteiger partial charge in [-0.05, 0) is 82.6 Å². The first-order valence-electron chi connectivity index (χ1n) is 9.16. The summed E-state index contributed by atoms with van der Waals surface area (Å²) >= 11 is 6.09. The van der Waals surface area contributed by atoms with Gasteiger partial charge in [0.1, 0.15) is 11.3 Å². The van der Waals surface area contributed by atoms with Gasteiger partial charge in [-0.15, -0.1) is 0 Å². The average Bonchev–Trinajstić information content (AvgIpc) is 3.14. The van der Waals surface area contributed by atoms with Gasteiger partial charge in [-0.1, -0.05) is 40.2 Å². The molecule has 0 aliphatic heterocycles. The van der Waals surface area contributed by atoms with E-state index in [9.17, 15) is 0 Å². The van der Waals surface area contributed by atoms with E-state index < -0.39 is 0 Å². The van der Waals surface area contributed by atoms with Crippen LogP contribution in [-0.4, -0.2) is 16.9 Å². The van der Waals surface area contributed by atoms with E-state index in [1.807, 2.05) is 16.8 Å². The molecule has 1 aromatic heterocycles. The summed E-state index contributed by atoms with van der Waals surface area (Å²) in [6, 6.07) is 27.1. The summed E-state index contributed by atoms with van der Waals surface area (Å²) in [5.74, 6) is 0.838. The molecule has 0 N–H and O–H groups in total. The normalized spacial score (nSPS) is 11.3. The highest BCUT2D eigenvalue weighted by atomic mass is 127. The van der Waals surface area contributed by atoms with Crippen LogP contribution in [-0.2, 0) is 0 Å². The van der Waals surface area contributed by atoms with Gasteiger partial charge in [0.05, 0.1) is 18.5 Å². The number of fused-ring (bicyclic) bond motifs is 3. The molecule has 0 saturated heterocycles. The Morgan fingerprint density at radius 2 is 1.55 bits per heavy atom. The first kappa shape index (κ1) is 18.6. The standard InChI is InChI=1S/C24H16BrIN2O/c1-29-18-12-6-15(7-13-18)24-21-14-22(25)19-4-2-3-5-20(19)23(21)27-28(24)17-10-8-16(26)9-11-17/h2-14H,1H3. The Labute approximate surface area is 190 Å². The van der Waals surface area contributed by atoms with Crippen molar-refractivity contribution in [2.75, 3.05) is 7.11 Å². The van der Waals surface area contributed by atoms with Crippen LogP contribution in [0.1, 0.15) is 0 Å². The van der Waals surface area contributed by atoms with Gasteiger partial charge in [0.2, 0.25) is 0 Å². The molecule has 29 heavy (non-hydrogen) atoms. The molecule has 0 amide bonds. The van der Waals surface area contributed by atoms with Crippen LogP contribution in [0.25, 0.3) is 38.6 Å². The van der Waals surface area contributed by atoms with Crippen molar-refractivity contribution in [1.29, 1.82) is 0 Å². The number of nitrogens with zero attached hydrogens (tertiary/aromatic N) is 2. The Kier molecular flexibility index (Phi) is 4.80. The third-order valence-electron chi connectivity index (χ3n) is 5.07. The topological polar surface area (TPSA) is 27.1 Å². The Hall–Kier alpha value is -2.38. The van der Waals surface area contributed by atoms with Crippen molar-refractivity contribution in [3.63, 3.8) is 0 Å². The molecule has 142 valence electrons. The van der Waals surface area contributed by atoms with Gasteiger partial charge < -0.3 is 4.74 Å². The van der Waals surface area contributed by atoms with Gasteiger partial charge in [-0.25, -0.2) is 4.68 Å². The van der Waals surface area contributed by atoms with E-state index in [1.54, 1.807) is 7.11 Å². The summed E-state index contributed by atoms with van der Waals surface area (Å²) in [5, 5.41) is 8.47. The number of hydrogen-bond acceptors (Lipinski definition) is 2. The summed E-state index contributed by atoms with van der Waals surface area (Å²) in [6.45, 7) is 0. The molecule has 3 nitrogen and oxygen atoms in total. The van der Waals surface area contributed by atoms with E-state index in [0.717, 1.165) is 48.8 Å². The summed E-state index contributed by atoms with van der Waals surface area (Å²) in [5.41, 5.74) is 4.19. The van der Waals surface area contributed by atoms with Crippen LogP contribution in [0.15, 0.2) is 83.3 Å². The second kappa shape index (κ2) is 7.46. The predicted molar refractivity (Wildman–Crippen MR) is 131 cm³/mol. The Bertz CT molecular complexity index is 1340. The zero-order valence-electron chi connectivity index (χ0n) is 15.6. The Balaban J connectivity index is 1.88. The third kappa shape index (κ3) is 3.22. The smallest absolute Gasteiger partial charge is 0.118 e. The second-order valence-electron chi connectivity index (χ2n) is 6.77. The van der Waals surface area contributed by atoms with E-state index in [2.05, 4.69) is 105 Å². The zero-order chi connectivity index (χ0) is 20.0. The number of rotatable bonds is 3. The minimum Gasteiger partial charge on any atom is -0.497 e. The fraction of sp³-hybridized carbons (Fsp3) is 0.0417. The number of hydrogen-bond donors (Lipinski definition) is 0. The van der Waals surface area contributed by atoms with E-state index in [1.165, 1.54) is 3.57 Å². The van der Waals surface area contributed by atoms with Crippen molar-refractivity contribution in [2.45, 2.75) is 0 Å². The van der Waals surface area contributed by atoms with Crippen LogP contribution in [0, 0.1) is 3.57 Å². The lowest BCUT2D eigenvalue weighted by atomic mass is 10.0. The molecule has 0 saturated carbocycles. The van der Waals surface area contributed by atoms with Gasteiger partial charge in [0, 0.05) is 24.4 Å². The number of halogens is 2. The lowest BCUT2D eigenvalue weighted by Crippen LogP contribution is -1.99. The van der Waals surface area contributed by atoms with E-state index in [4.69, 9.17) is 9.84 Å². The van der Waals surface area contributed by atoms with Crippen molar-refractivity contribution < 1.29 is 4.74 Å². The van der Waals surface area contributed by atoms with Crippen LogP contribution in [0.2, 0.25) is 0 Å². The summed E-state index contributed by atoms with van der Waals surface area (Å²) in [6.07, 6.45) is 0. The van der Waals surface area contributed by atoms with Crippen molar-refractivity contribution in [3.05, 3.63) is 86.9 Å². The van der Waals surface area contributed by atoms with Gasteiger partial charge in [0.25, 0.3) is 0 Å². The van der Waals surface area contributed by atoms with Gasteiger partial charge in [-0.2, -0.15) is 5.10 Å². The fourth-order valence-corrected chi connectivity index (χ4v) is 4.60. The molecule has 0 fully saturated rings. The first-order chi connectivity index (χ1) is 14.2. The molecule has 1 heterocycles. The summed E-state index contributed by atoms with van der Waals surface area (Å²) in [4.78, 5) is 0. The highest BCUT2D eigenvalue weighted by Crippen LogP contribution is 2.38. The Morgan fingerprint density at radius 3 is 2.24 bits per heavy atom. The maximum absolute atomic E-state index is 5.35. The van der Waals surface area contributed by atoms with Gasteiger partial charge >= 0.3 is 0 Å². The monoisotopic (exact) mass is 554 g/mol. The molecule has 5 aromatic rings. The molecule has 0 atom stereocenters. The van der Waals surface area contributed by atoms with Crippen LogP contribution >= 0.6 is 38.5 Å². The highest BCUT2D eigenvalue weighted by molar-refractivity contribution is 14.1. The maximum Gasteiger partial charge on any atom is 0.118 e. The minimum atomic E-state index is 0.838. The lowest BCUT2D eigenvalue weighted by molar-refractivity contribution is 0.415. The Morgan fingerprint density at radius 1 is 0.862 bits per heavy atom. The minimum absolute atomic E-state index is 0.838. The molecule has 0 unspecified atom stereocenters. The van der Waals surface area contributed by atoms with Crippen LogP contribution in [0.5, 0.6) is 5.75 Å². The van der Waals surface area contributed by atoms with E-state index in [0.29, 0.717) is 0 Å². The van der Waals surface area contributed by atoms with Crippen molar-refractivity contribution in [2.24, 2.45) is 0 Å². The molecule has 0 spiro atoms. The maximum atomic E-state index is 5.35. The lowest BCUT2D eigenvalue weighted by Gasteiger charge is -2.09. The van der Waals surface area contributed by atoms with Crippen molar-refractivity contribution >= 4 is 60.2 Å². The molecular formula is C24H16BrIN2O. The molecule has 4 aromatic carbocycles. The van der Waals surface area contributed by atoms with Crippen molar-refractivity contribution in [3.8, 4) is 22.7 Å². The number of methoxy groups -OCH3 is 1. The molecule has 5 rings (SSSR count). The molecule has 0 bridgehead atoms. The van der Waals surface area contributed by atoms with Gasteiger partial charge in [0.15, 0.2) is 0 Å². The van der Waals surface area contributed by atoms with Crippen LogP contribution < -0.4 is 4.74 Å². The first-order valence-corrected chi connectivity index (χ1v) is 11.0. The van der Waals surface area contributed by atoms with Crippen LogP contribution in [0.4, 0.5) is 0 Å². The SMILES string of the molecule is COc1ccc(-c2c3cc(Br)c4ccccc4c3nn2-c2ccc(I)cc2)cc1. The molecule has 0 aliphatic carbocycles. The summed E-state index contributed by atoms with van der Waals surface area (Å²) in [7, 11) is 1.68. The highest BCUT2D eigenvalue weighted by Gasteiger charge is 2.18. The number of ether oxygens (including phenoxy) is 1. The number of aromatic nitrogens is 2. The predicted octanol–water partition coefficient (Wildman–Crippen LogP) is 7.22. The number of benzene rings is 4. The van der Waals surface area contributed by atoms with Crippen LogP contribution in [0.3, 0.4) is 0 Å². The van der Waals surface area contributed by atoms with E-state index in [-0.39, 0.29) is 0 Å². The van der Waals surface area contributed by atoms with E-state index >= 15 is 0 Å². The summed E-state index contributed by atoms with van der Waals surface area (Å²) < 4.78 is 9.65. The second-order valence-corrected chi connectivity index (χ2v) is 8.87. The van der Waals surface area contributed by atoms with Crippen molar-refractivity contribution in [1.82, 2.24) is 9.78 Å². The largest absolute Gasteiger partial charge is 0.497 e.